The summed E-state index contributed by atoms with van der Waals surface area (Å²) in [6.45, 7) is 3.93. The molecule has 1 N–H and O–H groups in total. The van der Waals surface area contributed by atoms with E-state index in [9.17, 15) is 18.0 Å². The van der Waals surface area contributed by atoms with E-state index in [1.807, 2.05) is 13.0 Å². The summed E-state index contributed by atoms with van der Waals surface area (Å²) in [6.07, 6.45) is 2.09. The Morgan fingerprint density at radius 2 is 2.00 bits per heavy atom. The summed E-state index contributed by atoms with van der Waals surface area (Å²) in [5, 5.41) is 2.59. The molecule has 3 rings (SSSR count). The van der Waals surface area contributed by atoms with Crippen LogP contribution in [0.25, 0.3) is 0 Å². The lowest BCUT2D eigenvalue weighted by atomic mass is 10.2. The third kappa shape index (κ3) is 4.33. The molecule has 0 aliphatic carbocycles. The summed E-state index contributed by atoms with van der Waals surface area (Å²) < 4.78 is 25.1. The molecule has 1 aromatic heterocycles. The summed E-state index contributed by atoms with van der Waals surface area (Å²) in [4.78, 5) is 29.5. The summed E-state index contributed by atoms with van der Waals surface area (Å²) in [5.41, 5.74) is 2.56. The van der Waals surface area contributed by atoms with Gasteiger partial charge in [-0.25, -0.2) is 13.4 Å². The van der Waals surface area contributed by atoms with E-state index in [1.165, 1.54) is 13.0 Å². The first-order valence-electron chi connectivity index (χ1n) is 8.62. The predicted molar refractivity (Wildman–Crippen MR) is 102 cm³/mol. The Morgan fingerprint density at radius 1 is 1.22 bits per heavy atom. The van der Waals surface area contributed by atoms with Gasteiger partial charge in [0, 0.05) is 31.8 Å². The molecular weight excluding hydrogens is 366 g/mol. The maximum Gasteiger partial charge on any atom is 0.226 e. The maximum absolute atomic E-state index is 12.6. The molecule has 0 fully saturated rings. The first kappa shape index (κ1) is 19.0. The molecule has 0 unspecified atom stereocenters. The van der Waals surface area contributed by atoms with Gasteiger partial charge in [-0.05, 0) is 48.7 Å². The zero-order valence-electron chi connectivity index (χ0n) is 15.2. The molecule has 0 atom stereocenters. The number of nitrogens with zero attached hydrogens (tertiary/aromatic N) is 2. The first-order chi connectivity index (χ1) is 12.8. The van der Waals surface area contributed by atoms with Crippen LogP contribution in [0.15, 0.2) is 41.4 Å². The highest BCUT2D eigenvalue weighted by Crippen LogP contribution is 2.30. The lowest BCUT2D eigenvalue weighted by molar-refractivity contribution is -0.117. The molecule has 2 aromatic rings. The summed E-state index contributed by atoms with van der Waals surface area (Å²) in [7, 11) is -3.60. The zero-order valence-corrected chi connectivity index (χ0v) is 16.0. The SMILES string of the molecule is CC(=O)N1CCc2cc(S(=O)(=O)CCC(=O)Nc3ccc(C)cn3)ccc21. The van der Waals surface area contributed by atoms with Gasteiger partial charge in [-0.3, -0.25) is 9.59 Å². The van der Waals surface area contributed by atoms with E-state index in [1.54, 1.807) is 29.3 Å². The smallest absolute Gasteiger partial charge is 0.226 e. The molecule has 142 valence electrons. The Balaban J connectivity index is 1.66. The second-order valence-electron chi connectivity index (χ2n) is 6.55. The number of anilines is 2. The van der Waals surface area contributed by atoms with Crippen LogP contribution in [0.2, 0.25) is 0 Å². The van der Waals surface area contributed by atoms with Crippen molar-refractivity contribution in [2.75, 3.05) is 22.5 Å². The molecule has 7 nitrogen and oxygen atoms in total. The quantitative estimate of drug-likeness (QED) is 0.847. The van der Waals surface area contributed by atoms with Gasteiger partial charge in [0.2, 0.25) is 11.8 Å². The van der Waals surface area contributed by atoms with E-state index in [2.05, 4.69) is 10.3 Å². The van der Waals surface area contributed by atoms with Gasteiger partial charge in [0.1, 0.15) is 5.82 Å². The number of nitrogens with one attached hydrogen (secondary N) is 1. The van der Waals surface area contributed by atoms with Crippen molar-refractivity contribution < 1.29 is 18.0 Å². The number of carbonyl (C=O) groups excluding carboxylic acids is 2. The number of pyridine rings is 1. The summed E-state index contributed by atoms with van der Waals surface area (Å²) in [6, 6.07) is 8.24. The van der Waals surface area contributed by atoms with Gasteiger partial charge in [0.05, 0.1) is 10.6 Å². The first-order valence-corrected chi connectivity index (χ1v) is 10.3. The lowest BCUT2D eigenvalue weighted by Crippen LogP contribution is -2.25. The minimum Gasteiger partial charge on any atom is -0.312 e. The highest BCUT2D eigenvalue weighted by atomic mass is 32.2. The molecule has 1 aliphatic heterocycles. The van der Waals surface area contributed by atoms with Gasteiger partial charge in [0.25, 0.3) is 0 Å². The minimum atomic E-state index is -3.60. The fourth-order valence-electron chi connectivity index (χ4n) is 2.99. The van der Waals surface area contributed by atoms with Crippen LogP contribution >= 0.6 is 0 Å². The minimum absolute atomic E-state index is 0.0641. The van der Waals surface area contributed by atoms with E-state index < -0.39 is 15.7 Å². The molecule has 0 saturated heterocycles. The standard InChI is InChI=1S/C19H21N3O4S/c1-13-3-6-18(20-12-13)21-19(24)8-10-27(25,26)16-4-5-17-15(11-16)7-9-22(17)14(2)23/h3-6,11-12H,7-10H2,1-2H3,(H,20,21,24). The van der Waals surface area contributed by atoms with Crippen molar-refractivity contribution in [3.63, 3.8) is 0 Å². The normalized spacial score (nSPS) is 13.3. The van der Waals surface area contributed by atoms with Crippen molar-refractivity contribution in [1.82, 2.24) is 4.98 Å². The zero-order chi connectivity index (χ0) is 19.6. The largest absolute Gasteiger partial charge is 0.312 e. The third-order valence-electron chi connectivity index (χ3n) is 4.46. The number of aryl methyl sites for hydroxylation is 1. The fraction of sp³-hybridized carbons (Fsp3) is 0.316. The number of benzene rings is 1. The molecule has 0 saturated carbocycles. The van der Waals surface area contributed by atoms with Crippen molar-refractivity contribution in [3.05, 3.63) is 47.7 Å². The number of fused-ring (bicyclic) bond motifs is 1. The van der Waals surface area contributed by atoms with Gasteiger partial charge >= 0.3 is 0 Å². The second kappa shape index (κ2) is 7.48. The molecular formula is C19H21N3O4S. The number of hydrogen-bond donors (Lipinski definition) is 1. The molecule has 1 aliphatic rings. The van der Waals surface area contributed by atoms with E-state index in [-0.39, 0.29) is 23.0 Å². The van der Waals surface area contributed by atoms with E-state index >= 15 is 0 Å². The van der Waals surface area contributed by atoms with E-state index in [0.29, 0.717) is 18.8 Å². The van der Waals surface area contributed by atoms with Crippen molar-refractivity contribution in [3.8, 4) is 0 Å². The monoisotopic (exact) mass is 387 g/mol. The molecule has 0 bridgehead atoms. The van der Waals surface area contributed by atoms with Crippen LogP contribution in [0.3, 0.4) is 0 Å². The number of carbonyl (C=O) groups is 2. The van der Waals surface area contributed by atoms with Gasteiger partial charge in [-0.2, -0.15) is 0 Å². The van der Waals surface area contributed by atoms with Crippen LogP contribution < -0.4 is 10.2 Å². The lowest BCUT2D eigenvalue weighted by Gasteiger charge is -2.15. The van der Waals surface area contributed by atoms with Crippen LogP contribution in [-0.4, -0.2) is 37.5 Å². The highest BCUT2D eigenvalue weighted by molar-refractivity contribution is 7.91. The van der Waals surface area contributed by atoms with Crippen molar-refractivity contribution in [2.24, 2.45) is 0 Å². The Morgan fingerprint density at radius 3 is 2.67 bits per heavy atom. The average Bonchev–Trinajstić information content (AvgIpc) is 3.05. The van der Waals surface area contributed by atoms with Gasteiger partial charge < -0.3 is 10.2 Å². The van der Waals surface area contributed by atoms with Gasteiger partial charge in [-0.15, -0.1) is 0 Å². The van der Waals surface area contributed by atoms with Gasteiger partial charge in [0.15, 0.2) is 9.84 Å². The third-order valence-corrected chi connectivity index (χ3v) is 6.18. The second-order valence-corrected chi connectivity index (χ2v) is 8.66. The number of aromatic nitrogens is 1. The highest BCUT2D eigenvalue weighted by Gasteiger charge is 2.25. The van der Waals surface area contributed by atoms with Crippen LogP contribution in [0.5, 0.6) is 0 Å². The van der Waals surface area contributed by atoms with Crippen LogP contribution in [0.4, 0.5) is 11.5 Å². The number of rotatable bonds is 5. The van der Waals surface area contributed by atoms with E-state index in [0.717, 1.165) is 16.8 Å². The van der Waals surface area contributed by atoms with Crippen LogP contribution in [-0.2, 0) is 25.8 Å². The Bertz CT molecular complexity index is 985. The van der Waals surface area contributed by atoms with Crippen molar-refractivity contribution in [2.45, 2.75) is 31.6 Å². The molecule has 2 heterocycles. The van der Waals surface area contributed by atoms with Crippen molar-refractivity contribution >= 4 is 33.2 Å². The fourth-order valence-corrected chi connectivity index (χ4v) is 4.28. The molecule has 8 heteroatoms. The summed E-state index contributed by atoms with van der Waals surface area (Å²) in [5.74, 6) is -0.366. The topological polar surface area (TPSA) is 96.4 Å². The van der Waals surface area contributed by atoms with Crippen molar-refractivity contribution in [1.29, 1.82) is 0 Å². The van der Waals surface area contributed by atoms with Crippen LogP contribution in [0.1, 0.15) is 24.5 Å². The maximum atomic E-state index is 12.6. The van der Waals surface area contributed by atoms with E-state index in [4.69, 9.17) is 0 Å². The molecule has 0 radical (unpaired) electrons. The molecule has 0 spiro atoms. The molecule has 27 heavy (non-hydrogen) atoms. The Kier molecular flexibility index (Phi) is 5.27. The Labute approximate surface area is 158 Å². The average molecular weight is 387 g/mol. The Hall–Kier alpha value is -2.74. The van der Waals surface area contributed by atoms with Crippen LogP contribution in [0, 0.1) is 6.92 Å². The molecule has 1 aromatic carbocycles. The van der Waals surface area contributed by atoms with Gasteiger partial charge in [-0.1, -0.05) is 6.07 Å². The number of sulfone groups is 1. The molecule has 2 amide bonds. The number of amides is 2. The predicted octanol–water partition coefficient (Wildman–Crippen LogP) is 2.10. The summed E-state index contributed by atoms with van der Waals surface area (Å²) >= 11 is 0. The number of hydrogen-bond acceptors (Lipinski definition) is 5.